The number of fused-ring (bicyclic) bond motifs is 1. The zero-order chi connectivity index (χ0) is 25.9. The van der Waals surface area contributed by atoms with Gasteiger partial charge in [0.2, 0.25) is 11.8 Å². The summed E-state index contributed by atoms with van der Waals surface area (Å²) in [4.78, 5) is 45.2. The second-order valence-corrected chi connectivity index (χ2v) is 11.8. The van der Waals surface area contributed by atoms with Crippen molar-refractivity contribution in [2.45, 2.75) is 44.4 Å². The van der Waals surface area contributed by atoms with E-state index in [1.807, 2.05) is 29.2 Å². The van der Waals surface area contributed by atoms with Gasteiger partial charge >= 0.3 is 5.97 Å². The number of para-hydroxylation sites is 3. The minimum atomic E-state index is -1.27. The number of hydrogen-bond donors (Lipinski definition) is 1. The molecule has 7 rings (SSSR count). The van der Waals surface area contributed by atoms with Gasteiger partial charge in [-0.05, 0) is 85.5 Å². The molecule has 7 heteroatoms. The largest absolute Gasteiger partial charge is 0.469 e. The van der Waals surface area contributed by atoms with Gasteiger partial charge in [0.1, 0.15) is 11.8 Å². The maximum atomic E-state index is 14.6. The predicted molar refractivity (Wildman–Crippen MR) is 142 cm³/mol. The number of amides is 2. The molecule has 2 unspecified atom stereocenters. The smallest absolute Gasteiger partial charge is 0.314 e. The van der Waals surface area contributed by atoms with E-state index in [0.29, 0.717) is 23.5 Å². The van der Waals surface area contributed by atoms with Crippen LogP contribution in [0.1, 0.15) is 50.0 Å². The molecule has 1 aliphatic heterocycles. The Morgan fingerprint density at radius 3 is 2.11 bits per heavy atom. The van der Waals surface area contributed by atoms with Crippen LogP contribution in [0.15, 0.2) is 48.5 Å². The molecule has 7 nitrogen and oxygen atoms in total. The fraction of sp³-hybridized carbons (Fsp3) is 0.500. The van der Waals surface area contributed by atoms with E-state index in [-0.39, 0.29) is 11.3 Å². The molecule has 2 amide bonds. The molecule has 4 aliphatic carbocycles. The summed E-state index contributed by atoms with van der Waals surface area (Å²) in [6.45, 7) is 0.572. The molecule has 0 radical (unpaired) electrons. The van der Waals surface area contributed by atoms with Gasteiger partial charge in [0.15, 0.2) is 0 Å². The minimum absolute atomic E-state index is 0.0561. The Morgan fingerprint density at radius 1 is 0.946 bits per heavy atom. The van der Waals surface area contributed by atoms with Crippen LogP contribution in [0.4, 0.5) is 17.1 Å². The highest BCUT2D eigenvalue weighted by Gasteiger charge is 2.54. The number of benzene rings is 2. The lowest BCUT2D eigenvalue weighted by atomic mass is 9.49. The van der Waals surface area contributed by atoms with Crippen LogP contribution < -0.4 is 15.5 Å². The minimum Gasteiger partial charge on any atom is -0.469 e. The SMILES string of the molecule is COC(=O)C(c1ccccc1N)C1C(=O)N(C)c2ccccc2N(CC23CC4CC(CC(C4)C2)C3)C1=O. The molecule has 2 aromatic carbocycles. The number of methoxy groups -OCH3 is 1. The van der Waals surface area contributed by atoms with Crippen LogP contribution in [-0.4, -0.2) is 38.5 Å². The van der Waals surface area contributed by atoms with Gasteiger partial charge in [-0.25, -0.2) is 0 Å². The van der Waals surface area contributed by atoms with E-state index in [9.17, 15) is 14.4 Å². The van der Waals surface area contributed by atoms with E-state index in [2.05, 4.69) is 0 Å². The summed E-state index contributed by atoms with van der Waals surface area (Å²) in [5.74, 6) is -1.63. The zero-order valence-electron chi connectivity index (χ0n) is 21.6. The number of esters is 1. The third-order valence-corrected chi connectivity index (χ3v) is 9.44. The van der Waals surface area contributed by atoms with E-state index < -0.39 is 23.7 Å². The van der Waals surface area contributed by atoms with Gasteiger partial charge < -0.3 is 20.3 Å². The van der Waals surface area contributed by atoms with E-state index in [4.69, 9.17) is 10.5 Å². The Bertz CT molecular complexity index is 1220. The monoisotopic (exact) mass is 501 g/mol. The van der Waals surface area contributed by atoms with Crippen molar-refractivity contribution >= 4 is 34.8 Å². The first-order chi connectivity index (χ1) is 17.8. The Morgan fingerprint density at radius 2 is 1.51 bits per heavy atom. The quantitative estimate of drug-likeness (QED) is 0.373. The number of nitrogens with two attached hydrogens (primary N) is 1. The Hall–Kier alpha value is -3.35. The van der Waals surface area contributed by atoms with E-state index in [1.165, 1.54) is 31.3 Å². The van der Waals surface area contributed by atoms with Crippen LogP contribution in [0, 0.1) is 29.1 Å². The molecule has 0 aromatic heterocycles. The van der Waals surface area contributed by atoms with E-state index >= 15 is 0 Å². The summed E-state index contributed by atoms with van der Waals surface area (Å²) in [5.41, 5.74) is 8.54. The molecule has 194 valence electrons. The number of anilines is 3. The van der Waals surface area contributed by atoms with Crippen LogP contribution in [0.2, 0.25) is 0 Å². The second kappa shape index (κ2) is 8.89. The summed E-state index contributed by atoms with van der Waals surface area (Å²) >= 11 is 0. The summed E-state index contributed by atoms with van der Waals surface area (Å²) in [6.07, 6.45) is 7.32. The van der Waals surface area contributed by atoms with Gasteiger partial charge in [0, 0.05) is 19.3 Å². The third-order valence-electron chi connectivity index (χ3n) is 9.44. The van der Waals surface area contributed by atoms with Crippen LogP contribution in [0.5, 0.6) is 0 Å². The molecule has 4 saturated carbocycles. The number of ether oxygens (including phenoxy) is 1. The highest BCUT2D eigenvalue weighted by atomic mass is 16.5. The normalized spacial score (nSPS) is 31.2. The second-order valence-electron chi connectivity index (χ2n) is 11.8. The van der Waals surface area contributed by atoms with E-state index in [0.717, 1.165) is 42.7 Å². The molecule has 4 bridgehead atoms. The molecular formula is C30H35N3O4. The molecule has 2 atom stereocenters. The summed E-state index contributed by atoms with van der Waals surface area (Å²) in [7, 11) is 2.96. The van der Waals surface area contributed by atoms with Gasteiger partial charge in [-0.2, -0.15) is 0 Å². The van der Waals surface area contributed by atoms with Crippen molar-refractivity contribution in [3.8, 4) is 0 Å². The predicted octanol–water partition coefficient (Wildman–Crippen LogP) is 4.37. The molecule has 4 fully saturated rings. The highest BCUT2D eigenvalue weighted by Crippen LogP contribution is 2.60. The maximum absolute atomic E-state index is 14.6. The molecular weight excluding hydrogens is 466 g/mol. The lowest BCUT2D eigenvalue weighted by Gasteiger charge is -2.57. The van der Waals surface area contributed by atoms with Gasteiger partial charge in [-0.3, -0.25) is 14.4 Å². The number of carbonyl (C=O) groups is 3. The van der Waals surface area contributed by atoms with Crippen molar-refractivity contribution in [3.63, 3.8) is 0 Å². The average molecular weight is 502 g/mol. The maximum Gasteiger partial charge on any atom is 0.314 e. The number of nitrogens with zero attached hydrogens (tertiary/aromatic N) is 2. The Labute approximate surface area is 217 Å². The van der Waals surface area contributed by atoms with Crippen molar-refractivity contribution in [2.24, 2.45) is 29.1 Å². The van der Waals surface area contributed by atoms with Crippen LogP contribution in [0.3, 0.4) is 0 Å². The molecule has 5 aliphatic rings. The molecule has 0 spiro atoms. The van der Waals surface area contributed by atoms with Crippen molar-refractivity contribution in [1.82, 2.24) is 0 Å². The lowest BCUT2D eigenvalue weighted by Crippen LogP contribution is -2.54. The lowest BCUT2D eigenvalue weighted by molar-refractivity contribution is -0.149. The van der Waals surface area contributed by atoms with Gasteiger partial charge in [0.05, 0.1) is 18.5 Å². The average Bonchev–Trinajstić information content (AvgIpc) is 2.95. The Balaban J connectivity index is 1.46. The van der Waals surface area contributed by atoms with E-state index in [1.54, 1.807) is 31.3 Å². The molecule has 0 saturated heterocycles. The topological polar surface area (TPSA) is 92.9 Å². The van der Waals surface area contributed by atoms with Gasteiger partial charge in [-0.1, -0.05) is 30.3 Å². The number of hydrogen-bond acceptors (Lipinski definition) is 5. The number of rotatable bonds is 5. The first-order valence-electron chi connectivity index (χ1n) is 13.4. The highest BCUT2D eigenvalue weighted by molar-refractivity contribution is 6.19. The van der Waals surface area contributed by atoms with Crippen LogP contribution >= 0.6 is 0 Å². The standard InChI is InChI=1S/C30H35N3O4/c1-32-23-9-5-6-10-24(23)33(17-30-14-18-11-19(15-30)13-20(12-18)16-30)28(35)26(27(32)34)25(29(36)37-2)21-7-3-4-8-22(21)31/h3-10,18-20,25-26H,11-17,31H2,1-2H3. The van der Waals surface area contributed by atoms with Crippen molar-refractivity contribution in [2.75, 3.05) is 36.2 Å². The molecule has 2 aromatic rings. The first-order valence-corrected chi connectivity index (χ1v) is 13.4. The summed E-state index contributed by atoms with van der Waals surface area (Å²) < 4.78 is 5.16. The zero-order valence-corrected chi connectivity index (χ0v) is 21.6. The van der Waals surface area contributed by atoms with Crippen molar-refractivity contribution in [1.29, 1.82) is 0 Å². The fourth-order valence-electron chi connectivity index (χ4n) is 8.33. The number of carbonyl (C=O) groups excluding carboxylic acids is 3. The molecule has 37 heavy (non-hydrogen) atoms. The van der Waals surface area contributed by atoms with Crippen molar-refractivity contribution < 1.29 is 19.1 Å². The number of nitrogen functional groups attached to an aromatic ring is 1. The van der Waals surface area contributed by atoms with Crippen molar-refractivity contribution in [3.05, 3.63) is 54.1 Å². The molecule has 2 N–H and O–H groups in total. The Kier molecular flexibility index (Phi) is 5.77. The third kappa shape index (κ3) is 3.90. The fourth-order valence-corrected chi connectivity index (χ4v) is 8.33. The first kappa shape index (κ1) is 24.0. The summed E-state index contributed by atoms with van der Waals surface area (Å²) in [6, 6.07) is 14.5. The van der Waals surface area contributed by atoms with Gasteiger partial charge in [0.25, 0.3) is 0 Å². The summed E-state index contributed by atoms with van der Waals surface area (Å²) in [5, 5.41) is 0. The van der Waals surface area contributed by atoms with Crippen LogP contribution in [-0.2, 0) is 19.1 Å². The van der Waals surface area contributed by atoms with Gasteiger partial charge in [-0.15, -0.1) is 0 Å². The molecule has 1 heterocycles. The van der Waals surface area contributed by atoms with Crippen LogP contribution in [0.25, 0.3) is 0 Å².